The Hall–Kier alpha value is -4.10. The molecule has 0 aliphatic heterocycles. The zero-order valence-corrected chi connectivity index (χ0v) is 17.9. The van der Waals surface area contributed by atoms with Crippen LogP contribution in [-0.4, -0.2) is 0 Å². The van der Waals surface area contributed by atoms with E-state index in [2.05, 4.69) is 110 Å². The van der Waals surface area contributed by atoms with Crippen molar-refractivity contribution in [3.63, 3.8) is 0 Å². The van der Waals surface area contributed by atoms with Gasteiger partial charge in [0.2, 0.25) is 0 Å². The molecule has 0 saturated heterocycles. The Labute approximate surface area is 187 Å². The van der Waals surface area contributed by atoms with E-state index in [-0.39, 0.29) is 0 Å². The summed E-state index contributed by atoms with van der Waals surface area (Å²) < 4.78 is 6.23. The number of para-hydroxylation sites is 2. The third kappa shape index (κ3) is 3.19. The predicted molar refractivity (Wildman–Crippen MR) is 135 cm³/mol. The molecule has 1 nitrogen and oxygen atoms in total. The van der Waals surface area contributed by atoms with Crippen molar-refractivity contribution < 1.29 is 4.42 Å². The van der Waals surface area contributed by atoms with Gasteiger partial charge in [0.05, 0.1) is 0 Å². The van der Waals surface area contributed by atoms with E-state index in [1.54, 1.807) is 0 Å². The monoisotopic (exact) mass is 410 g/mol. The van der Waals surface area contributed by atoms with Gasteiger partial charge in [0.25, 0.3) is 0 Å². The normalized spacial score (nSPS) is 11.3. The first kappa shape index (κ1) is 18.7. The Morgan fingerprint density at radius 2 is 1.09 bits per heavy atom. The predicted octanol–water partition coefficient (Wildman–Crippen LogP) is 8.90. The first-order valence-electron chi connectivity index (χ1n) is 10.9. The van der Waals surface area contributed by atoms with E-state index in [1.807, 2.05) is 12.1 Å². The number of hydrogen-bond donors (Lipinski definition) is 0. The van der Waals surface area contributed by atoms with Gasteiger partial charge in [0.1, 0.15) is 11.2 Å². The van der Waals surface area contributed by atoms with Crippen LogP contribution in [0.5, 0.6) is 0 Å². The first-order valence-corrected chi connectivity index (χ1v) is 10.9. The lowest BCUT2D eigenvalue weighted by Crippen LogP contribution is -1.85. The molecular weight excluding hydrogens is 388 g/mol. The van der Waals surface area contributed by atoms with E-state index in [0.717, 1.165) is 33.1 Å². The minimum atomic E-state index is 0.930. The number of aryl methyl sites for hydroxylation is 1. The lowest BCUT2D eigenvalue weighted by Gasteiger charge is -2.10. The van der Waals surface area contributed by atoms with Gasteiger partial charge >= 0.3 is 0 Å². The number of fused-ring (bicyclic) bond motifs is 3. The van der Waals surface area contributed by atoms with Crippen molar-refractivity contribution in [1.82, 2.24) is 0 Å². The Kier molecular flexibility index (Phi) is 4.40. The van der Waals surface area contributed by atoms with Crippen molar-refractivity contribution in [3.8, 4) is 33.4 Å². The van der Waals surface area contributed by atoms with Crippen LogP contribution in [0.4, 0.5) is 0 Å². The molecule has 0 spiro atoms. The maximum Gasteiger partial charge on any atom is 0.143 e. The average molecular weight is 411 g/mol. The van der Waals surface area contributed by atoms with Crippen molar-refractivity contribution >= 4 is 21.9 Å². The summed E-state index contributed by atoms with van der Waals surface area (Å²) in [4.78, 5) is 0. The number of benzene rings is 5. The van der Waals surface area contributed by atoms with Crippen molar-refractivity contribution in [2.24, 2.45) is 0 Å². The van der Waals surface area contributed by atoms with E-state index >= 15 is 0 Å². The third-order valence-electron chi connectivity index (χ3n) is 6.12. The van der Waals surface area contributed by atoms with Crippen LogP contribution in [0.3, 0.4) is 0 Å². The zero-order chi connectivity index (χ0) is 21.5. The molecule has 6 aromatic rings. The van der Waals surface area contributed by atoms with Crippen LogP contribution in [0.25, 0.3) is 55.3 Å². The standard InChI is InChI=1S/C31H22O/c1-21-18-25(22-8-3-2-4-9-22)20-26(19-21)23-14-16-24(17-15-23)27-11-7-12-29-28-10-5-6-13-30(28)32-31(27)29/h2-20H,1H3. The van der Waals surface area contributed by atoms with E-state index in [4.69, 9.17) is 4.42 Å². The largest absolute Gasteiger partial charge is 0.455 e. The van der Waals surface area contributed by atoms with Gasteiger partial charge in [-0.25, -0.2) is 0 Å². The first-order chi connectivity index (χ1) is 15.8. The molecular formula is C31H22O. The molecule has 1 heteroatoms. The highest BCUT2D eigenvalue weighted by molar-refractivity contribution is 6.09. The van der Waals surface area contributed by atoms with Crippen molar-refractivity contribution in [3.05, 3.63) is 121 Å². The van der Waals surface area contributed by atoms with Gasteiger partial charge in [-0.1, -0.05) is 103 Å². The molecule has 5 aromatic carbocycles. The van der Waals surface area contributed by atoms with Crippen molar-refractivity contribution in [2.45, 2.75) is 6.92 Å². The van der Waals surface area contributed by atoms with Crippen LogP contribution >= 0.6 is 0 Å². The van der Waals surface area contributed by atoms with Gasteiger partial charge < -0.3 is 4.42 Å². The molecule has 0 amide bonds. The highest BCUT2D eigenvalue weighted by Gasteiger charge is 2.12. The number of furan rings is 1. The zero-order valence-electron chi connectivity index (χ0n) is 17.9. The molecule has 0 saturated carbocycles. The molecule has 0 N–H and O–H groups in total. The second kappa shape index (κ2) is 7.55. The van der Waals surface area contributed by atoms with Gasteiger partial charge in [0, 0.05) is 16.3 Å². The fourth-order valence-electron chi connectivity index (χ4n) is 4.56. The summed E-state index contributed by atoms with van der Waals surface area (Å²) in [5.74, 6) is 0. The fraction of sp³-hybridized carbons (Fsp3) is 0.0323. The summed E-state index contributed by atoms with van der Waals surface area (Å²) in [5, 5.41) is 2.32. The van der Waals surface area contributed by atoms with Crippen molar-refractivity contribution in [2.75, 3.05) is 0 Å². The quantitative estimate of drug-likeness (QED) is 0.284. The van der Waals surface area contributed by atoms with E-state index in [9.17, 15) is 0 Å². The molecule has 6 rings (SSSR count). The van der Waals surface area contributed by atoms with Crippen LogP contribution in [0.15, 0.2) is 120 Å². The lowest BCUT2D eigenvalue weighted by molar-refractivity contribution is 0.670. The molecule has 0 atom stereocenters. The summed E-state index contributed by atoms with van der Waals surface area (Å²) in [6, 6.07) is 40.8. The molecule has 152 valence electrons. The van der Waals surface area contributed by atoms with Crippen LogP contribution < -0.4 is 0 Å². The second-order valence-corrected chi connectivity index (χ2v) is 8.31. The maximum atomic E-state index is 6.23. The molecule has 0 fully saturated rings. The van der Waals surface area contributed by atoms with Gasteiger partial charge in [-0.15, -0.1) is 0 Å². The third-order valence-corrected chi connectivity index (χ3v) is 6.12. The maximum absolute atomic E-state index is 6.23. The Morgan fingerprint density at radius 1 is 0.469 bits per heavy atom. The van der Waals surface area contributed by atoms with Crippen molar-refractivity contribution in [1.29, 1.82) is 0 Å². The SMILES string of the molecule is Cc1cc(-c2ccccc2)cc(-c2ccc(-c3cccc4c3oc3ccccc34)cc2)c1. The van der Waals surface area contributed by atoms with Gasteiger partial charge in [-0.3, -0.25) is 0 Å². The molecule has 1 heterocycles. The van der Waals surface area contributed by atoms with Crippen LogP contribution in [-0.2, 0) is 0 Å². The highest BCUT2D eigenvalue weighted by atomic mass is 16.3. The lowest BCUT2D eigenvalue weighted by atomic mass is 9.95. The topological polar surface area (TPSA) is 13.1 Å². The summed E-state index contributed by atoms with van der Waals surface area (Å²) in [5.41, 5.74) is 10.4. The minimum absolute atomic E-state index is 0.930. The average Bonchev–Trinajstić information content (AvgIpc) is 3.23. The molecule has 0 radical (unpaired) electrons. The summed E-state index contributed by atoms with van der Waals surface area (Å²) in [6.07, 6.45) is 0. The van der Waals surface area contributed by atoms with Crippen LogP contribution in [0.2, 0.25) is 0 Å². The Bertz CT molecular complexity index is 1550. The van der Waals surface area contributed by atoms with Crippen LogP contribution in [0, 0.1) is 6.92 Å². The number of hydrogen-bond acceptors (Lipinski definition) is 1. The van der Waals surface area contributed by atoms with E-state index in [0.29, 0.717) is 0 Å². The molecule has 0 aliphatic carbocycles. The Balaban J connectivity index is 1.42. The van der Waals surface area contributed by atoms with E-state index in [1.165, 1.54) is 27.8 Å². The molecule has 32 heavy (non-hydrogen) atoms. The Morgan fingerprint density at radius 3 is 1.88 bits per heavy atom. The van der Waals surface area contributed by atoms with Crippen LogP contribution in [0.1, 0.15) is 5.56 Å². The summed E-state index contributed by atoms with van der Waals surface area (Å²) in [7, 11) is 0. The summed E-state index contributed by atoms with van der Waals surface area (Å²) >= 11 is 0. The molecule has 1 aromatic heterocycles. The summed E-state index contributed by atoms with van der Waals surface area (Å²) in [6.45, 7) is 2.16. The van der Waals surface area contributed by atoms with Gasteiger partial charge in [-0.2, -0.15) is 0 Å². The van der Waals surface area contributed by atoms with E-state index < -0.39 is 0 Å². The number of rotatable bonds is 3. The highest BCUT2D eigenvalue weighted by Crippen LogP contribution is 2.36. The molecule has 0 aliphatic rings. The van der Waals surface area contributed by atoms with Gasteiger partial charge in [0.15, 0.2) is 0 Å². The smallest absolute Gasteiger partial charge is 0.143 e. The molecule has 0 bridgehead atoms. The molecule has 0 unspecified atom stereocenters. The van der Waals surface area contributed by atoms with Gasteiger partial charge in [-0.05, 0) is 52.4 Å². The fourth-order valence-corrected chi connectivity index (χ4v) is 4.56. The second-order valence-electron chi connectivity index (χ2n) is 8.31. The minimum Gasteiger partial charge on any atom is -0.455 e.